The van der Waals surface area contributed by atoms with E-state index in [1.807, 2.05) is 18.3 Å². The summed E-state index contributed by atoms with van der Waals surface area (Å²) in [6, 6.07) is 10.9. The molecule has 1 atom stereocenters. The van der Waals surface area contributed by atoms with Crippen LogP contribution >= 0.6 is 23.2 Å². The third-order valence-electron chi connectivity index (χ3n) is 3.47. The third-order valence-corrected chi connectivity index (χ3v) is 4.03. The van der Waals surface area contributed by atoms with Gasteiger partial charge in [-0.1, -0.05) is 29.3 Å². The molecule has 0 aliphatic heterocycles. The van der Waals surface area contributed by atoms with E-state index in [0.717, 1.165) is 5.56 Å². The quantitative estimate of drug-likeness (QED) is 0.606. The van der Waals surface area contributed by atoms with Crippen molar-refractivity contribution >= 4 is 40.5 Å². The Bertz CT molecular complexity index is 751. The zero-order valence-electron chi connectivity index (χ0n) is 12.8. The molecule has 0 fully saturated rings. The predicted octanol–water partition coefficient (Wildman–Crippen LogP) is 3.16. The highest BCUT2D eigenvalue weighted by molar-refractivity contribution is 6.35. The van der Waals surface area contributed by atoms with Gasteiger partial charge < -0.3 is 10.6 Å². The highest BCUT2D eigenvalue weighted by Crippen LogP contribution is 2.24. The highest BCUT2D eigenvalue weighted by atomic mass is 35.5. The first-order chi connectivity index (χ1) is 11.4. The largest absolute Gasteiger partial charge is 0.332 e. The van der Waals surface area contributed by atoms with E-state index < -0.39 is 4.92 Å². The van der Waals surface area contributed by atoms with Crippen molar-refractivity contribution in [3.63, 3.8) is 0 Å². The molecule has 0 unspecified atom stereocenters. The Morgan fingerprint density at radius 3 is 2.50 bits per heavy atom. The molecule has 3 N–H and O–H groups in total. The number of benzene rings is 2. The Morgan fingerprint density at radius 2 is 1.92 bits per heavy atom. The van der Waals surface area contributed by atoms with Crippen LogP contribution in [0.15, 0.2) is 42.5 Å². The van der Waals surface area contributed by atoms with Crippen LogP contribution in [0, 0.1) is 10.1 Å². The lowest BCUT2D eigenvalue weighted by Gasteiger charge is -2.13. The Morgan fingerprint density at radius 1 is 1.25 bits per heavy atom. The second-order valence-corrected chi connectivity index (χ2v) is 6.09. The fourth-order valence-corrected chi connectivity index (χ4v) is 2.74. The summed E-state index contributed by atoms with van der Waals surface area (Å²) in [5, 5.41) is 16.2. The molecular weight excluding hydrogens is 353 g/mol. The van der Waals surface area contributed by atoms with Gasteiger partial charge in [-0.25, -0.2) is 0 Å². The number of hydrogen-bond donors (Lipinski definition) is 2. The SMILES string of the molecule is C[C@@H]([NH2+]CC(=O)Nc1ccc([N+](=O)[O-])cc1)c1ccc(Cl)cc1Cl. The summed E-state index contributed by atoms with van der Waals surface area (Å²) in [6.07, 6.45) is 0. The molecule has 2 aromatic carbocycles. The fourth-order valence-electron chi connectivity index (χ4n) is 2.16. The van der Waals surface area contributed by atoms with Crippen LogP contribution in [0.4, 0.5) is 11.4 Å². The Hall–Kier alpha value is -2.15. The molecule has 0 aromatic heterocycles. The molecule has 8 heteroatoms. The van der Waals surface area contributed by atoms with Crippen molar-refractivity contribution in [1.82, 2.24) is 0 Å². The second-order valence-electron chi connectivity index (χ2n) is 5.25. The average molecular weight is 369 g/mol. The molecule has 126 valence electrons. The minimum atomic E-state index is -0.489. The Kier molecular flexibility index (Phi) is 6.14. The number of nitrogens with two attached hydrogens (primary N) is 1. The number of rotatable bonds is 6. The van der Waals surface area contributed by atoms with E-state index in [2.05, 4.69) is 5.32 Å². The maximum atomic E-state index is 12.0. The number of halogens is 2. The van der Waals surface area contributed by atoms with Gasteiger partial charge >= 0.3 is 0 Å². The van der Waals surface area contributed by atoms with E-state index in [0.29, 0.717) is 15.7 Å². The van der Waals surface area contributed by atoms with E-state index in [-0.39, 0.29) is 24.2 Å². The van der Waals surface area contributed by atoms with Gasteiger partial charge in [0, 0.05) is 28.4 Å². The summed E-state index contributed by atoms with van der Waals surface area (Å²) in [6.45, 7) is 2.13. The molecule has 0 saturated carbocycles. The van der Waals surface area contributed by atoms with Gasteiger partial charge in [0.25, 0.3) is 11.6 Å². The smallest absolute Gasteiger partial charge is 0.279 e. The third kappa shape index (κ3) is 4.92. The van der Waals surface area contributed by atoms with E-state index in [1.54, 1.807) is 12.1 Å². The van der Waals surface area contributed by atoms with Crippen LogP contribution < -0.4 is 10.6 Å². The molecule has 24 heavy (non-hydrogen) atoms. The van der Waals surface area contributed by atoms with E-state index in [4.69, 9.17) is 23.2 Å². The number of nitrogens with one attached hydrogen (secondary N) is 1. The molecule has 0 aliphatic rings. The summed E-state index contributed by atoms with van der Waals surface area (Å²) in [4.78, 5) is 22.1. The van der Waals surface area contributed by atoms with Gasteiger partial charge in [0.15, 0.2) is 6.54 Å². The standard InChI is InChI=1S/C16H15Cl2N3O3/c1-10(14-7-2-11(17)8-15(14)18)19-9-16(22)20-12-3-5-13(6-4-12)21(23)24/h2-8,10,19H,9H2,1H3,(H,20,22)/p+1/t10-/m1/s1. The average Bonchev–Trinajstić information content (AvgIpc) is 2.53. The van der Waals surface area contributed by atoms with Crippen LogP contribution in [0.5, 0.6) is 0 Å². The van der Waals surface area contributed by atoms with Crippen LogP contribution in [-0.2, 0) is 4.79 Å². The first kappa shape index (κ1) is 18.2. The number of non-ortho nitro benzene ring substituents is 1. The van der Waals surface area contributed by atoms with E-state index in [9.17, 15) is 14.9 Å². The van der Waals surface area contributed by atoms with Gasteiger partial charge in [0.05, 0.1) is 9.95 Å². The number of nitro benzene ring substituents is 1. The van der Waals surface area contributed by atoms with Gasteiger partial charge in [-0.05, 0) is 31.2 Å². The molecule has 1 amide bonds. The molecule has 0 heterocycles. The zero-order chi connectivity index (χ0) is 17.7. The van der Waals surface area contributed by atoms with E-state index >= 15 is 0 Å². The first-order valence-corrected chi connectivity index (χ1v) is 7.95. The van der Waals surface area contributed by atoms with Crippen LogP contribution in [0.1, 0.15) is 18.5 Å². The summed E-state index contributed by atoms with van der Waals surface area (Å²) < 4.78 is 0. The maximum absolute atomic E-state index is 12.0. The molecule has 0 saturated heterocycles. The van der Waals surface area contributed by atoms with Crippen molar-refractivity contribution in [2.45, 2.75) is 13.0 Å². The lowest BCUT2D eigenvalue weighted by molar-refractivity contribution is -0.682. The lowest BCUT2D eigenvalue weighted by atomic mass is 10.1. The summed E-state index contributed by atoms with van der Waals surface area (Å²) in [5.74, 6) is -0.208. The van der Waals surface area contributed by atoms with Crippen LogP contribution in [0.3, 0.4) is 0 Å². The van der Waals surface area contributed by atoms with Gasteiger partial charge in [-0.15, -0.1) is 0 Å². The molecule has 2 rings (SSSR count). The highest BCUT2D eigenvalue weighted by Gasteiger charge is 2.15. The minimum Gasteiger partial charge on any atom is -0.332 e. The summed E-state index contributed by atoms with van der Waals surface area (Å²) >= 11 is 12.0. The topological polar surface area (TPSA) is 88.8 Å². The second kappa shape index (κ2) is 8.10. The zero-order valence-corrected chi connectivity index (χ0v) is 14.3. The van der Waals surface area contributed by atoms with Gasteiger partial charge in [0.2, 0.25) is 0 Å². The number of hydrogen-bond acceptors (Lipinski definition) is 3. The van der Waals surface area contributed by atoms with Gasteiger partial charge in [0.1, 0.15) is 6.04 Å². The van der Waals surface area contributed by atoms with Crippen molar-refractivity contribution in [2.24, 2.45) is 0 Å². The van der Waals surface area contributed by atoms with Crippen molar-refractivity contribution in [3.8, 4) is 0 Å². The molecule has 0 radical (unpaired) electrons. The van der Waals surface area contributed by atoms with Crippen molar-refractivity contribution in [1.29, 1.82) is 0 Å². The fraction of sp³-hybridized carbons (Fsp3) is 0.188. The first-order valence-electron chi connectivity index (χ1n) is 7.19. The van der Waals surface area contributed by atoms with Crippen LogP contribution in [0.25, 0.3) is 0 Å². The Balaban J connectivity index is 1.89. The maximum Gasteiger partial charge on any atom is 0.279 e. The molecule has 6 nitrogen and oxygen atoms in total. The summed E-state index contributed by atoms with van der Waals surface area (Å²) in [5.41, 5.74) is 1.38. The number of carbonyl (C=O) groups is 1. The summed E-state index contributed by atoms with van der Waals surface area (Å²) in [7, 11) is 0. The van der Waals surface area contributed by atoms with Crippen molar-refractivity contribution in [2.75, 3.05) is 11.9 Å². The number of amides is 1. The monoisotopic (exact) mass is 368 g/mol. The van der Waals surface area contributed by atoms with Crippen LogP contribution in [0.2, 0.25) is 10.0 Å². The Labute approximate surface area is 148 Å². The minimum absolute atomic E-state index is 0.0163. The lowest BCUT2D eigenvalue weighted by Crippen LogP contribution is -2.86. The molecule has 0 spiro atoms. The van der Waals surface area contributed by atoms with Crippen molar-refractivity contribution in [3.05, 3.63) is 68.2 Å². The van der Waals surface area contributed by atoms with Crippen molar-refractivity contribution < 1.29 is 15.0 Å². The number of carbonyl (C=O) groups excluding carboxylic acids is 1. The molecule has 0 bridgehead atoms. The van der Waals surface area contributed by atoms with E-state index in [1.165, 1.54) is 24.3 Å². The number of anilines is 1. The van der Waals surface area contributed by atoms with Crippen LogP contribution in [-0.4, -0.2) is 17.4 Å². The number of quaternary nitrogens is 1. The number of nitro groups is 1. The molecular formula is C16H16Cl2N3O3+. The molecule has 2 aromatic rings. The predicted molar refractivity (Wildman–Crippen MR) is 93.4 cm³/mol. The molecule has 0 aliphatic carbocycles. The van der Waals surface area contributed by atoms with Gasteiger partial charge in [-0.3, -0.25) is 14.9 Å². The normalized spacial score (nSPS) is 11.8. The number of nitrogens with zero attached hydrogens (tertiary/aromatic N) is 1. The van der Waals surface area contributed by atoms with Gasteiger partial charge in [-0.2, -0.15) is 0 Å².